The Kier molecular flexibility index (Phi) is 4.55. The summed E-state index contributed by atoms with van der Waals surface area (Å²) in [5, 5.41) is 13.0. The number of anilines is 1. The van der Waals surface area contributed by atoms with Gasteiger partial charge in [0, 0.05) is 37.4 Å². The molecule has 2 N–H and O–H groups in total. The van der Waals surface area contributed by atoms with Crippen molar-refractivity contribution in [2.45, 2.75) is 45.4 Å². The summed E-state index contributed by atoms with van der Waals surface area (Å²) in [5.74, 6) is 1.07. The molecule has 0 saturated carbocycles. The van der Waals surface area contributed by atoms with Gasteiger partial charge in [-0.05, 0) is 18.9 Å². The lowest BCUT2D eigenvalue weighted by Crippen LogP contribution is -2.37. The summed E-state index contributed by atoms with van der Waals surface area (Å²) in [6.45, 7) is 6.93. The molecule has 0 bridgehead atoms. The van der Waals surface area contributed by atoms with Gasteiger partial charge in [-0.2, -0.15) is 0 Å². The van der Waals surface area contributed by atoms with Crippen LogP contribution < -0.4 is 10.2 Å². The van der Waals surface area contributed by atoms with Crippen LogP contribution >= 0.6 is 0 Å². The van der Waals surface area contributed by atoms with Crippen molar-refractivity contribution in [3.63, 3.8) is 0 Å². The fourth-order valence-electron chi connectivity index (χ4n) is 2.24. The molecule has 1 aliphatic heterocycles. The zero-order valence-corrected chi connectivity index (χ0v) is 11.3. The van der Waals surface area contributed by atoms with E-state index in [0.717, 1.165) is 38.3 Å². The molecule has 1 aromatic heterocycles. The van der Waals surface area contributed by atoms with Gasteiger partial charge >= 0.3 is 0 Å². The average molecular weight is 249 g/mol. The highest BCUT2D eigenvalue weighted by atomic mass is 16.3. The van der Waals surface area contributed by atoms with Crippen LogP contribution in [0, 0.1) is 0 Å². The molecule has 0 amide bonds. The summed E-state index contributed by atoms with van der Waals surface area (Å²) in [6, 6.07) is 4.59. The van der Waals surface area contributed by atoms with Crippen LogP contribution in [0.4, 0.5) is 5.82 Å². The van der Waals surface area contributed by atoms with Gasteiger partial charge in [0.1, 0.15) is 5.82 Å². The van der Waals surface area contributed by atoms with Gasteiger partial charge in [0.2, 0.25) is 0 Å². The number of aliphatic hydroxyl groups is 1. The summed E-state index contributed by atoms with van der Waals surface area (Å²) in [5.41, 5.74) is 1.24. The van der Waals surface area contributed by atoms with Gasteiger partial charge in [-0.3, -0.25) is 0 Å². The summed E-state index contributed by atoms with van der Waals surface area (Å²) < 4.78 is 0. The second kappa shape index (κ2) is 6.16. The number of aliphatic hydroxyl groups excluding tert-OH is 1. The van der Waals surface area contributed by atoms with Gasteiger partial charge in [-0.25, -0.2) is 4.98 Å². The van der Waals surface area contributed by atoms with Crippen LogP contribution in [0.3, 0.4) is 0 Å². The minimum absolute atomic E-state index is 0.137. The molecule has 2 heterocycles. The predicted octanol–water partition coefficient (Wildman–Crippen LogP) is 1.54. The van der Waals surface area contributed by atoms with Gasteiger partial charge < -0.3 is 15.3 Å². The Labute approximate surface area is 109 Å². The molecular weight excluding hydrogens is 226 g/mol. The average Bonchev–Trinajstić information content (AvgIpc) is 2.38. The van der Waals surface area contributed by atoms with Crippen molar-refractivity contribution in [3.8, 4) is 0 Å². The maximum absolute atomic E-state index is 9.56. The Morgan fingerprint density at radius 2 is 2.17 bits per heavy atom. The fourth-order valence-corrected chi connectivity index (χ4v) is 2.24. The van der Waals surface area contributed by atoms with Gasteiger partial charge in [0.25, 0.3) is 0 Å². The van der Waals surface area contributed by atoms with E-state index in [-0.39, 0.29) is 6.10 Å². The van der Waals surface area contributed by atoms with Crippen LogP contribution in [0.5, 0.6) is 0 Å². The molecule has 1 fully saturated rings. The highest BCUT2D eigenvalue weighted by Gasteiger charge is 2.19. The lowest BCUT2D eigenvalue weighted by Gasteiger charge is -2.32. The highest BCUT2D eigenvalue weighted by molar-refractivity contribution is 5.47. The van der Waals surface area contributed by atoms with Crippen LogP contribution in [-0.4, -0.2) is 35.3 Å². The number of rotatable bonds is 4. The van der Waals surface area contributed by atoms with E-state index in [2.05, 4.69) is 35.1 Å². The van der Waals surface area contributed by atoms with Gasteiger partial charge in [-0.1, -0.05) is 19.9 Å². The van der Waals surface area contributed by atoms with E-state index < -0.39 is 0 Å². The van der Waals surface area contributed by atoms with Crippen LogP contribution in [-0.2, 0) is 6.54 Å². The van der Waals surface area contributed by atoms with E-state index in [4.69, 9.17) is 0 Å². The topological polar surface area (TPSA) is 48.4 Å². The number of aromatic nitrogens is 1. The lowest BCUT2D eigenvalue weighted by atomic mass is 10.1. The van der Waals surface area contributed by atoms with E-state index >= 15 is 0 Å². The molecule has 0 radical (unpaired) electrons. The maximum atomic E-state index is 9.56. The molecule has 4 nitrogen and oxygen atoms in total. The summed E-state index contributed by atoms with van der Waals surface area (Å²) in [4.78, 5) is 6.79. The number of hydrogen-bond acceptors (Lipinski definition) is 4. The quantitative estimate of drug-likeness (QED) is 0.850. The molecule has 1 saturated heterocycles. The maximum Gasteiger partial charge on any atom is 0.133 e. The van der Waals surface area contributed by atoms with Crippen molar-refractivity contribution in [1.29, 1.82) is 0 Å². The lowest BCUT2D eigenvalue weighted by molar-refractivity contribution is 0.145. The Hall–Kier alpha value is -1.13. The summed E-state index contributed by atoms with van der Waals surface area (Å²) in [7, 11) is 0. The smallest absolute Gasteiger partial charge is 0.133 e. The molecule has 0 aliphatic carbocycles. The van der Waals surface area contributed by atoms with Gasteiger partial charge in [-0.15, -0.1) is 0 Å². The van der Waals surface area contributed by atoms with Crippen molar-refractivity contribution in [3.05, 3.63) is 23.9 Å². The fraction of sp³-hybridized carbons (Fsp3) is 0.643. The van der Waals surface area contributed by atoms with E-state index in [0.29, 0.717) is 6.04 Å². The van der Waals surface area contributed by atoms with E-state index in [9.17, 15) is 5.11 Å². The molecule has 0 aromatic carbocycles. The number of pyridine rings is 1. The molecular formula is C14H23N3O. The second-order valence-electron chi connectivity index (χ2n) is 5.24. The molecule has 4 heteroatoms. The first-order chi connectivity index (χ1) is 8.66. The van der Waals surface area contributed by atoms with Crippen LogP contribution in [0.1, 0.15) is 32.3 Å². The van der Waals surface area contributed by atoms with Crippen molar-refractivity contribution in [2.75, 3.05) is 18.0 Å². The van der Waals surface area contributed by atoms with Gasteiger partial charge in [0.05, 0.1) is 6.10 Å². The molecule has 2 rings (SSSR count). The minimum atomic E-state index is -0.137. The third-order valence-corrected chi connectivity index (χ3v) is 3.33. The van der Waals surface area contributed by atoms with E-state index in [1.165, 1.54) is 5.56 Å². The first-order valence-corrected chi connectivity index (χ1v) is 6.77. The Morgan fingerprint density at radius 1 is 1.44 bits per heavy atom. The molecule has 0 unspecified atom stereocenters. The standard InChI is InChI=1S/C14H23N3O/c1-11(2)16-10-12-4-3-7-15-14(12)17-8-5-13(18)6-9-17/h3-4,7,11,13,16,18H,5-6,8-10H2,1-2H3. The minimum Gasteiger partial charge on any atom is -0.393 e. The van der Waals surface area contributed by atoms with Crippen LogP contribution in [0.2, 0.25) is 0 Å². The Balaban J connectivity index is 2.07. The van der Waals surface area contributed by atoms with Crippen molar-refractivity contribution < 1.29 is 5.11 Å². The molecule has 1 aromatic rings. The largest absolute Gasteiger partial charge is 0.393 e. The van der Waals surface area contributed by atoms with Crippen LogP contribution in [0.25, 0.3) is 0 Å². The SMILES string of the molecule is CC(C)NCc1cccnc1N1CCC(O)CC1. The van der Waals surface area contributed by atoms with Crippen molar-refractivity contribution in [2.24, 2.45) is 0 Å². The first-order valence-electron chi connectivity index (χ1n) is 6.77. The summed E-state index contributed by atoms with van der Waals surface area (Å²) in [6.07, 6.45) is 3.39. The molecule has 18 heavy (non-hydrogen) atoms. The Bertz CT molecular complexity index is 373. The summed E-state index contributed by atoms with van der Waals surface area (Å²) >= 11 is 0. The number of hydrogen-bond donors (Lipinski definition) is 2. The molecule has 0 atom stereocenters. The normalized spacial score (nSPS) is 17.4. The number of piperidine rings is 1. The Morgan fingerprint density at radius 3 is 2.83 bits per heavy atom. The third kappa shape index (κ3) is 3.43. The first kappa shape index (κ1) is 13.3. The van der Waals surface area contributed by atoms with E-state index in [1.54, 1.807) is 0 Å². The molecule has 1 aliphatic rings. The third-order valence-electron chi connectivity index (χ3n) is 3.33. The van der Waals surface area contributed by atoms with Crippen molar-refractivity contribution in [1.82, 2.24) is 10.3 Å². The zero-order chi connectivity index (χ0) is 13.0. The monoisotopic (exact) mass is 249 g/mol. The number of nitrogens with zero attached hydrogens (tertiary/aromatic N) is 2. The zero-order valence-electron chi connectivity index (χ0n) is 11.3. The van der Waals surface area contributed by atoms with Crippen LogP contribution in [0.15, 0.2) is 18.3 Å². The number of nitrogens with one attached hydrogen (secondary N) is 1. The molecule has 0 spiro atoms. The second-order valence-corrected chi connectivity index (χ2v) is 5.24. The van der Waals surface area contributed by atoms with Gasteiger partial charge in [0.15, 0.2) is 0 Å². The highest BCUT2D eigenvalue weighted by Crippen LogP contribution is 2.21. The molecule has 100 valence electrons. The van der Waals surface area contributed by atoms with Crippen molar-refractivity contribution >= 4 is 5.82 Å². The predicted molar refractivity (Wildman–Crippen MR) is 73.7 cm³/mol. The van der Waals surface area contributed by atoms with E-state index in [1.807, 2.05) is 12.3 Å².